The molecule has 2 rings (SSSR count). The molecule has 1 aliphatic heterocycles. The molecule has 28 heavy (non-hydrogen) atoms. The number of rotatable bonds is 6. The number of aliphatic hydroxyl groups excluding tert-OH is 2. The van der Waals surface area contributed by atoms with Crippen molar-refractivity contribution in [3.8, 4) is 5.88 Å². The summed E-state index contributed by atoms with van der Waals surface area (Å²) in [5.41, 5.74) is -1.57. The van der Waals surface area contributed by atoms with E-state index in [2.05, 4.69) is 4.98 Å². The first-order valence-corrected chi connectivity index (χ1v) is 7.11. The Labute approximate surface area is 194 Å². The summed E-state index contributed by atoms with van der Waals surface area (Å²) in [5.74, 6) is -4.22. The SMILES string of the molecule is O=C([O-])/C=C(/CC[C@H]1O[C@@H](n2ccc([O-])nc2=O)[C@H](O)[C@@H]1O)C(=O)[O-].[Li+].[Li+].[Li+]. The molecule has 14 heteroatoms. The molecule has 0 saturated carbocycles. The van der Waals surface area contributed by atoms with Crippen LogP contribution in [0.4, 0.5) is 0 Å². The second-order valence-electron chi connectivity index (χ2n) is 5.32. The number of carbonyl (C=O) groups excluding carboxylic acids is 2. The Morgan fingerprint density at radius 3 is 2.32 bits per heavy atom. The van der Waals surface area contributed by atoms with Crippen molar-refractivity contribution < 1.29 is 96.4 Å². The van der Waals surface area contributed by atoms with Crippen LogP contribution in [0.25, 0.3) is 0 Å². The van der Waals surface area contributed by atoms with Crippen molar-refractivity contribution in [2.24, 2.45) is 0 Å². The molecule has 0 spiro atoms. The second kappa shape index (κ2) is 12.6. The van der Waals surface area contributed by atoms with Crippen LogP contribution in [0.5, 0.6) is 5.88 Å². The maximum atomic E-state index is 11.7. The summed E-state index contributed by atoms with van der Waals surface area (Å²) in [6.45, 7) is 0. The summed E-state index contributed by atoms with van der Waals surface area (Å²) < 4.78 is 6.16. The molecule has 11 nitrogen and oxygen atoms in total. The third-order valence-corrected chi connectivity index (χ3v) is 3.67. The number of aromatic nitrogens is 2. The Balaban J connectivity index is 0. The molecule has 1 fully saturated rings. The predicted molar refractivity (Wildman–Crippen MR) is 71.2 cm³/mol. The van der Waals surface area contributed by atoms with Gasteiger partial charge in [0.15, 0.2) is 6.23 Å². The Morgan fingerprint density at radius 2 is 1.82 bits per heavy atom. The van der Waals surface area contributed by atoms with Crippen molar-refractivity contribution in [1.29, 1.82) is 0 Å². The molecule has 1 saturated heterocycles. The van der Waals surface area contributed by atoms with Crippen molar-refractivity contribution in [3.63, 3.8) is 0 Å². The first-order chi connectivity index (χ1) is 11.7. The van der Waals surface area contributed by atoms with Gasteiger partial charge in [0.1, 0.15) is 12.2 Å². The number of aliphatic carboxylic acids is 2. The summed E-state index contributed by atoms with van der Waals surface area (Å²) in [6.07, 6.45) is -4.57. The van der Waals surface area contributed by atoms with Gasteiger partial charge in [-0.05, 0) is 36.4 Å². The Kier molecular flexibility index (Phi) is 13.1. The zero-order chi connectivity index (χ0) is 18.7. The summed E-state index contributed by atoms with van der Waals surface area (Å²) in [5, 5.41) is 52.3. The molecule has 0 amide bonds. The maximum absolute atomic E-state index is 11.7. The third-order valence-electron chi connectivity index (χ3n) is 3.67. The van der Waals surface area contributed by atoms with Gasteiger partial charge < -0.3 is 39.9 Å². The number of nitrogens with zero attached hydrogens (tertiary/aromatic N) is 2. The molecule has 1 aromatic rings. The van der Waals surface area contributed by atoms with Gasteiger partial charge in [-0.1, -0.05) is 0 Å². The number of ether oxygens (including phenoxy) is 1. The molecule has 0 bridgehead atoms. The molecular weight excluding hydrogens is 361 g/mol. The molecule has 1 aromatic heterocycles. The van der Waals surface area contributed by atoms with E-state index < -0.39 is 53.6 Å². The van der Waals surface area contributed by atoms with Crippen LogP contribution in [0.3, 0.4) is 0 Å². The fraction of sp³-hybridized carbons (Fsp3) is 0.429. The zero-order valence-electron chi connectivity index (χ0n) is 15.6. The van der Waals surface area contributed by atoms with Crippen molar-refractivity contribution in [2.75, 3.05) is 0 Å². The Hall–Kier alpha value is -0.968. The first-order valence-electron chi connectivity index (χ1n) is 7.11. The summed E-state index contributed by atoms with van der Waals surface area (Å²) in [4.78, 5) is 36.1. The summed E-state index contributed by atoms with van der Waals surface area (Å²) in [6, 6.07) is 0.966. The number of hydrogen-bond donors (Lipinski definition) is 2. The van der Waals surface area contributed by atoms with Crippen LogP contribution >= 0.6 is 0 Å². The van der Waals surface area contributed by atoms with Crippen LogP contribution in [0, 0.1) is 0 Å². The van der Waals surface area contributed by atoms with Crippen molar-refractivity contribution >= 4 is 11.9 Å². The quantitative estimate of drug-likeness (QED) is 0.357. The molecule has 2 heterocycles. The van der Waals surface area contributed by atoms with E-state index in [1.54, 1.807) is 0 Å². The molecule has 0 aliphatic carbocycles. The minimum absolute atomic E-state index is 0. The molecule has 0 unspecified atom stereocenters. The van der Waals surface area contributed by atoms with Gasteiger partial charge in [0.2, 0.25) is 0 Å². The van der Waals surface area contributed by atoms with Gasteiger partial charge in [0.05, 0.1) is 18.0 Å². The normalized spacial score (nSPS) is 23.7. The van der Waals surface area contributed by atoms with E-state index in [9.17, 15) is 39.9 Å². The van der Waals surface area contributed by atoms with Gasteiger partial charge in [-0.2, -0.15) is 0 Å². The van der Waals surface area contributed by atoms with E-state index >= 15 is 0 Å². The summed E-state index contributed by atoms with van der Waals surface area (Å²) in [7, 11) is 0. The van der Waals surface area contributed by atoms with E-state index in [1.807, 2.05) is 0 Å². The van der Waals surface area contributed by atoms with Gasteiger partial charge in [-0.25, -0.2) is 9.78 Å². The van der Waals surface area contributed by atoms with Gasteiger partial charge in [-0.3, -0.25) is 4.57 Å². The minimum Gasteiger partial charge on any atom is -0.858 e. The second-order valence-corrected chi connectivity index (χ2v) is 5.32. The molecule has 2 N–H and O–H groups in total. The smallest absolute Gasteiger partial charge is 0.858 e. The number of hydrogen-bond acceptors (Lipinski definition) is 10. The largest absolute Gasteiger partial charge is 1.00 e. The fourth-order valence-electron chi connectivity index (χ4n) is 2.46. The minimum atomic E-state index is -1.72. The van der Waals surface area contributed by atoms with E-state index in [0.29, 0.717) is 6.08 Å². The van der Waals surface area contributed by atoms with E-state index in [1.165, 1.54) is 0 Å². The average Bonchev–Trinajstić information content (AvgIpc) is 2.79. The standard InChI is InChI=1S/C14H16N2O9.3Li/c17-8-3-4-16(14(24)15-8)12-11(21)10(20)7(25-12)2-1-6(13(22)23)5-9(18)19;;;/h3-5,7,10-12,20-21H,1-2H2,(H,18,19)(H,22,23)(H,15,17,24);;;/q;3*+1/p-3/b6-5-;;;/t7-,10-,11-,12-;;;/m1.../s1. The number of aliphatic hydroxyl groups is 2. The number of carboxylic acids is 2. The van der Waals surface area contributed by atoms with Crippen LogP contribution in [0.1, 0.15) is 19.1 Å². The van der Waals surface area contributed by atoms with E-state index in [-0.39, 0.29) is 69.4 Å². The molecular formula is C14H13Li3N2O9. The van der Waals surface area contributed by atoms with Gasteiger partial charge >= 0.3 is 62.3 Å². The fourth-order valence-corrected chi connectivity index (χ4v) is 2.46. The van der Waals surface area contributed by atoms with Gasteiger partial charge in [-0.15, -0.1) is 0 Å². The number of carbonyl (C=O) groups is 2. The van der Waals surface area contributed by atoms with Crippen molar-refractivity contribution in [3.05, 3.63) is 34.4 Å². The summed E-state index contributed by atoms with van der Waals surface area (Å²) >= 11 is 0. The molecule has 1 aliphatic rings. The first kappa shape index (κ1) is 29.2. The molecule has 0 radical (unpaired) electrons. The molecule has 0 aromatic carbocycles. The van der Waals surface area contributed by atoms with Crippen molar-refractivity contribution in [2.45, 2.75) is 37.4 Å². The van der Waals surface area contributed by atoms with E-state index in [4.69, 9.17) is 4.74 Å². The third kappa shape index (κ3) is 7.13. The number of carboxylic acid groups (broad SMARTS) is 2. The maximum Gasteiger partial charge on any atom is 1.00 e. The van der Waals surface area contributed by atoms with Crippen LogP contribution in [0.15, 0.2) is 28.7 Å². The predicted octanol–water partition coefficient (Wildman–Crippen LogP) is -13.8. The monoisotopic (exact) mass is 374 g/mol. The van der Waals surface area contributed by atoms with E-state index in [0.717, 1.165) is 16.8 Å². The molecule has 4 atom stereocenters. The van der Waals surface area contributed by atoms with Gasteiger partial charge in [0, 0.05) is 6.20 Å². The zero-order valence-corrected chi connectivity index (χ0v) is 15.6. The molecule has 136 valence electrons. The topological polar surface area (TPSA) is 188 Å². The van der Waals surface area contributed by atoms with Crippen LogP contribution in [-0.2, 0) is 14.3 Å². The van der Waals surface area contributed by atoms with Crippen LogP contribution < -0.4 is 77.6 Å². The van der Waals surface area contributed by atoms with Gasteiger partial charge in [0.25, 0.3) is 0 Å². The van der Waals surface area contributed by atoms with Crippen molar-refractivity contribution in [1.82, 2.24) is 9.55 Å². The van der Waals surface area contributed by atoms with Crippen LogP contribution in [0.2, 0.25) is 0 Å². The van der Waals surface area contributed by atoms with Crippen LogP contribution in [-0.4, -0.2) is 50.0 Å². The average molecular weight is 374 g/mol. The Bertz CT molecular complexity index is 771. The Morgan fingerprint density at radius 1 is 1.21 bits per heavy atom.